The second-order valence-corrected chi connectivity index (χ2v) is 8.52. The fourth-order valence-electron chi connectivity index (χ4n) is 2.26. The third-order valence-electron chi connectivity index (χ3n) is 3.50. The van der Waals surface area contributed by atoms with Gasteiger partial charge in [0, 0.05) is 16.6 Å². The Balaban J connectivity index is 2.91. The zero-order valence-corrected chi connectivity index (χ0v) is 16.8. The van der Waals surface area contributed by atoms with E-state index in [1.54, 1.807) is 6.07 Å². The lowest BCUT2D eigenvalue weighted by Crippen LogP contribution is -2.32. The highest BCUT2D eigenvalue weighted by atomic mass is 79.9. The number of ether oxygens (including phenoxy) is 2. The van der Waals surface area contributed by atoms with Gasteiger partial charge in [-0.15, -0.1) is 0 Å². The highest BCUT2D eigenvalue weighted by molar-refractivity contribution is 9.10. The van der Waals surface area contributed by atoms with Crippen LogP contribution in [0.2, 0.25) is 0 Å². The summed E-state index contributed by atoms with van der Waals surface area (Å²) in [5, 5.41) is 0. The number of benzene rings is 1. The van der Waals surface area contributed by atoms with Crippen molar-refractivity contribution in [2.45, 2.75) is 51.0 Å². The molecule has 23 heavy (non-hydrogen) atoms. The predicted molar refractivity (Wildman–Crippen MR) is 95.7 cm³/mol. The lowest BCUT2D eigenvalue weighted by Gasteiger charge is -2.17. The maximum absolute atomic E-state index is 12.6. The maximum atomic E-state index is 12.6. The lowest BCUT2D eigenvalue weighted by atomic mass is 10.0. The van der Waals surface area contributed by atoms with E-state index in [1.165, 1.54) is 20.3 Å². The molecule has 0 bridgehead atoms. The molecule has 1 aromatic rings. The summed E-state index contributed by atoms with van der Waals surface area (Å²) >= 11 is 3.29. The standard InChI is InChI=1S/C16H26BrNO4S/c1-11(2)7-6-8-12(3)18-23(19,20)16-10-15(22-5)14(21-4)9-13(16)17/h9-12,18H,6-8H2,1-5H3/t12-/m0/s1. The molecular weight excluding hydrogens is 382 g/mol. The Hall–Kier alpha value is -0.790. The van der Waals surface area contributed by atoms with Gasteiger partial charge in [-0.3, -0.25) is 0 Å². The first-order valence-corrected chi connectivity index (χ1v) is 9.92. The van der Waals surface area contributed by atoms with Gasteiger partial charge in [-0.25, -0.2) is 13.1 Å². The third-order valence-corrected chi connectivity index (χ3v) is 6.05. The molecule has 132 valence electrons. The number of halogens is 1. The van der Waals surface area contributed by atoms with E-state index in [4.69, 9.17) is 9.47 Å². The summed E-state index contributed by atoms with van der Waals surface area (Å²) in [7, 11) is -0.647. The molecule has 0 aliphatic heterocycles. The van der Waals surface area contributed by atoms with Crippen molar-refractivity contribution in [3.8, 4) is 11.5 Å². The second-order valence-electron chi connectivity index (χ2n) is 5.98. The van der Waals surface area contributed by atoms with Gasteiger partial charge in [-0.05, 0) is 41.3 Å². The summed E-state index contributed by atoms with van der Waals surface area (Å²) in [6.45, 7) is 6.21. The number of methoxy groups -OCH3 is 2. The van der Waals surface area contributed by atoms with Crippen molar-refractivity contribution in [1.82, 2.24) is 4.72 Å². The Labute approximate surface area is 147 Å². The van der Waals surface area contributed by atoms with Crippen LogP contribution in [0.5, 0.6) is 11.5 Å². The van der Waals surface area contributed by atoms with Gasteiger partial charge in [0.15, 0.2) is 11.5 Å². The Morgan fingerprint density at radius 1 is 1.09 bits per heavy atom. The van der Waals surface area contributed by atoms with Gasteiger partial charge in [0.1, 0.15) is 4.90 Å². The molecule has 1 aromatic carbocycles. The van der Waals surface area contributed by atoms with Crippen LogP contribution in [-0.4, -0.2) is 28.7 Å². The Morgan fingerprint density at radius 2 is 1.65 bits per heavy atom. The quantitative estimate of drug-likeness (QED) is 0.672. The Morgan fingerprint density at radius 3 is 2.17 bits per heavy atom. The van der Waals surface area contributed by atoms with Crippen LogP contribution >= 0.6 is 15.9 Å². The zero-order chi connectivity index (χ0) is 17.6. The van der Waals surface area contributed by atoms with Crippen LogP contribution in [0.3, 0.4) is 0 Å². The van der Waals surface area contributed by atoms with Crippen LogP contribution in [-0.2, 0) is 10.0 Å². The number of rotatable bonds is 9. The molecule has 1 atom stereocenters. The average molecular weight is 408 g/mol. The van der Waals surface area contributed by atoms with Crippen LogP contribution in [0.15, 0.2) is 21.5 Å². The van der Waals surface area contributed by atoms with Crippen LogP contribution in [0, 0.1) is 5.92 Å². The van der Waals surface area contributed by atoms with Gasteiger partial charge < -0.3 is 9.47 Å². The molecule has 0 heterocycles. The minimum absolute atomic E-state index is 0.126. The predicted octanol–water partition coefficient (Wildman–Crippen LogP) is 3.96. The van der Waals surface area contributed by atoms with Crippen molar-refractivity contribution in [1.29, 1.82) is 0 Å². The third kappa shape index (κ3) is 5.97. The van der Waals surface area contributed by atoms with Gasteiger partial charge in [-0.1, -0.05) is 26.7 Å². The van der Waals surface area contributed by atoms with Crippen LogP contribution < -0.4 is 14.2 Å². The molecule has 0 saturated carbocycles. The summed E-state index contributed by atoms with van der Waals surface area (Å²) in [5.41, 5.74) is 0. The van der Waals surface area contributed by atoms with E-state index in [0.717, 1.165) is 19.3 Å². The molecule has 0 spiro atoms. The molecule has 0 aliphatic rings. The zero-order valence-electron chi connectivity index (χ0n) is 14.3. The fraction of sp³-hybridized carbons (Fsp3) is 0.625. The number of hydrogen-bond donors (Lipinski definition) is 1. The highest BCUT2D eigenvalue weighted by Crippen LogP contribution is 2.35. The summed E-state index contributed by atoms with van der Waals surface area (Å²) in [6.07, 6.45) is 2.89. The summed E-state index contributed by atoms with van der Waals surface area (Å²) < 4.78 is 38.7. The topological polar surface area (TPSA) is 64.6 Å². The molecule has 0 fully saturated rings. The van der Waals surface area contributed by atoms with Crippen molar-refractivity contribution in [2.75, 3.05) is 14.2 Å². The fourth-order valence-corrected chi connectivity index (χ4v) is 4.58. The van der Waals surface area contributed by atoms with Gasteiger partial charge in [0.2, 0.25) is 10.0 Å². The van der Waals surface area contributed by atoms with E-state index >= 15 is 0 Å². The first kappa shape index (κ1) is 20.3. The van der Waals surface area contributed by atoms with Crippen molar-refractivity contribution in [3.63, 3.8) is 0 Å². The summed E-state index contributed by atoms with van der Waals surface area (Å²) in [4.78, 5) is 0.144. The Bertz CT molecular complexity index is 617. The largest absolute Gasteiger partial charge is 0.493 e. The molecule has 5 nitrogen and oxygen atoms in total. The summed E-state index contributed by atoms with van der Waals surface area (Å²) in [5.74, 6) is 1.48. The molecule has 1 rings (SSSR count). The monoisotopic (exact) mass is 407 g/mol. The van der Waals surface area contributed by atoms with E-state index < -0.39 is 10.0 Å². The van der Waals surface area contributed by atoms with Gasteiger partial charge >= 0.3 is 0 Å². The van der Waals surface area contributed by atoms with E-state index in [1.807, 2.05) is 6.92 Å². The normalized spacial score (nSPS) is 13.2. The van der Waals surface area contributed by atoms with Gasteiger partial charge in [0.25, 0.3) is 0 Å². The van der Waals surface area contributed by atoms with Crippen molar-refractivity contribution < 1.29 is 17.9 Å². The molecule has 0 saturated heterocycles. The number of nitrogens with one attached hydrogen (secondary N) is 1. The SMILES string of the molecule is COc1cc(Br)c(S(=O)(=O)N[C@@H](C)CCCC(C)C)cc1OC. The maximum Gasteiger partial charge on any atom is 0.242 e. The Kier molecular flexibility index (Phi) is 7.83. The van der Waals surface area contributed by atoms with Gasteiger partial charge in [-0.2, -0.15) is 0 Å². The van der Waals surface area contributed by atoms with Crippen LogP contribution in [0.25, 0.3) is 0 Å². The van der Waals surface area contributed by atoms with E-state index in [-0.39, 0.29) is 10.9 Å². The highest BCUT2D eigenvalue weighted by Gasteiger charge is 2.23. The molecular formula is C16H26BrNO4S. The van der Waals surface area contributed by atoms with E-state index in [9.17, 15) is 8.42 Å². The van der Waals surface area contributed by atoms with Crippen molar-refractivity contribution in [3.05, 3.63) is 16.6 Å². The molecule has 0 aliphatic carbocycles. The minimum Gasteiger partial charge on any atom is -0.493 e. The number of sulfonamides is 1. The second kappa shape index (κ2) is 8.89. The molecule has 0 radical (unpaired) electrons. The van der Waals surface area contributed by atoms with Crippen LogP contribution in [0.1, 0.15) is 40.0 Å². The lowest BCUT2D eigenvalue weighted by molar-refractivity contribution is 0.353. The average Bonchev–Trinajstić information content (AvgIpc) is 2.45. The molecule has 0 amide bonds. The van der Waals surface area contributed by atoms with Gasteiger partial charge in [0.05, 0.1) is 14.2 Å². The summed E-state index contributed by atoms with van der Waals surface area (Å²) in [6, 6.07) is 2.93. The first-order valence-electron chi connectivity index (χ1n) is 7.65. The molecule has 0 aromatic heterocycles. The van der Waals surface area contributed by atoms with Crippen LogP contribution in [0.4, 0.5) is 0 Å². The van der Waals surface area contributed by atoms with Crippen molar-refractivity contribution >= 4 is 26.0 Å². The van der Waals surface area contributed by atoms with E-state index in [0.29, 0.717) is 21.9 Å². The van der Waals surface area contributed by atoms with E-state index in [2.05, 4.69) is 34.5 Å². The number of hydrogen-bond acceptors (Lipinski definition) is 4. The molecule has 1 N–H and O–H groups in total. The van der Waals surface area contributed by atoms with Crippen molar-refractivity contribution in [2.24, 2.45) is 5.92 Å². The minimum atomic E-state index is -3.63. The molecule has 0 unspecified atom stereocenters. The first-order chi connectivity index (χ1) is 10.7. The molecule has 7 heteroatoms. The smallest absolute Gasteiger partial charge is 0.242 e.